The Hall–Kier alpha value is -1.59. The molecule has 0 aliphatic heterocycles. The van der Waals surface area contributed by atoms with Gasteiger partial charge >= 0.3 is 0 Å². The Kier molecular flexibility index (Phi) is 3.63. The lowest BCUT2D eigenvalue weighted by atomic mass is 10.1. The predicted octanol–water partition coefficient (Wildman–Crippen LogP) is 3.23. The van der Waals surface area contributed by atoms with Gasteiger partial charge in [-0.1, -0.05) is 16.8 Å². The van der Waals surface area contributed by atoms with Crippen LogP contribution in [-0.4, -0.2) is 15.2 Å². The normalized spacial score (nSPS) is 16.1. The molecule has 3 rings (SSSR count). The van der Waals surface area contributed by atoms with Crippen molar-refractivity contribution in [1.29, 1.82) is 0 Å². The summed E-state index contributed by atoms with van der Waals surface area (Å²) in [6.45, 7) is 1.87. The number of aromatic nitrogens is 2. The number of aliphatic hydroxyl groups excluding tert-OH is 1. The number of hydrogen-bond donors (Lipinski definition) is 1. The molecule has 0 amide bonds. The van der Waals surface area contributed by atoms with Crippen molar-refractivity contribution in [2.75, 3.05) is 0 Å². The van der Waals surface area contributed by atoms with Crippen LogP contribution in [-0.2, 0) is 6.61 Å². The van der Waals surface area contributed by atoms with Crippen LogP contribution in [0.5, 0.6) is 5.75 Å². The van der Waals surface area contributed by atoms with Gasteiger partial charge in [-0.15, -0.1) is 0 Å². The van der Waals surface area contributed by atoms with Crippen molar-refractivity contribution in [2.45, 2.75) is 38.4 Å². The van der Waals surface area contributed by atoms with E-state index in [0.29, 0.717) is 34.0 Å². The predicted molar refractivity (Wildman–Crippen MR) is 72.7 cm³/mol. The van der Waals surface area contributed by atoms with Crippen LogP contribution in [0.3, 0.4) is 0 Å². The Morgan fingerprint density at radius 1 is 1.50 bits per heavy atom. The van der Waals surface area contributed by atoms with Crippen molar-refractivity contribution in [3.8, 4) is 5.75 Å². The Morgan fingerprint density at radius 3 is 3.00 bits per heavy atom. The van der Waals surface area contributed by atoms with Gasteiger partial charge in [0.15, 0.2) is 6.61 Å². The van der Waals surface area contributed by atoms with Gasteiger partial charge in [0, 0.05) is 16.5 Å². The van der Waals surface area contributed by atoms with Crippen molar-refractivity contribution in [3.05, 3.63) is 40.5 Å². The molecule has 1 saturated carbocycles. The Labute approximate surface area is 121 Å². The molecule has 0 spiro atoms. The molecule has 1 N–H and O–H groups in total. The zero-order chi connectivity index (χ0) is 14.1. The highest BCUT2D eigenvalue weighted by atomic mass is 35.5. The van der Waals surface area contributed by atoms with E-state index in [1.54, 1.807) is 25.1 Å². The molecule has 20 heavy (non-hydrogen) atoms. The van der Waals surface area contributed by atoms with Crippen LogP contribution in [0.25, 0.3) is 0 Å². The van der Waals surface area contributed by atoms with E-state index in [1.807, 2.05) is 0 Å². The molecule has 1 fully saturated rings. The standard InChI is InChI=1S/C14H15ClN2O3/c1-8(18)11-6-10(15)4-5-12(11)19-7-13-16-14(20-17-13)9-2-3-9/h4-6,8-9,18H,2-3,7H2,1H3. The van der Waals surface area contributed by atoms with Crippen molar-refractivity contribution < 1.29 is 14.4 Å². The SMILES string of the molecule is CC(O)c1cc(Cl)ccc1OCc1noc(C2CC2)n1. The number of benzene rings is 1. The lowest BCUT2D eigenvalue weighted by Gasteiger charge is -2.12. The molecule has 0 radical (unpaired) electrons. The summed E-state index contributed by atoms with van der Waals surface area (Å²) < 4.78 is 10.8. The third kappa shape index (κ3) is 2.94. The molecule has 106 valence electrons. The molecule has 0 bridgehead atoms. The quantitative estimate of drug-likeness (QED) is 0.917. The average Bonchev–Trinajstić information content (AvgIpc) is 3.17. The second-order valence-electron chi connectivity index (χ2n) is 4.97. The van der Waals surface area contributed by atoms with E-state index in [2.05, 4.69) is 10.1 Å². The largest absolute Gasteiger partial charge is 0.485 e. The minimum Gasteiger partial charge on any atom is -0.485 e. The molecular weight excluding hydrogens is 280 g/mol. The van der Waals surface area contributed by atoms with Gasteiger partial charge in [-0.05, 0) is 38.0 Å². The third-order valence-electron chi connectivity index (χ3n) is 3.19. The number of ether oxygens (including phenoxy) is 1. The molecule has 0 saturated heterocycles. The van der Waals surface area contributed by atoms with Gasteiger partial charge in [0.25, 0.3) is 0 Å². The minimum atomic E-state index is -0.656. The monoisotopic (exact) mass is 294 g/mol. The fourth-order valence-corrected chi connectivity index (χ4v) is 2.12. The van der Waals surface area contributed by atoms with Gasteiger partial charge < -0.3 is 14.4 Å². The van der Waals surface area contributed by atoms with Crippen molar-refractivity contribution in [2.24, 2.45) is 0 Å². The van der Waals surface area contributed by atoms with E-state index in [0.717, 1.165) is 12.8 Å². The molecule has 1 aliphatic rings. The molecule has 6 heteroatoms. The van der Waals surface area contributed by atoms with Gasteiger partial charge in [0.2, 0.25) is 11.7 Å². The summed E-state index contributed by atoms with van der Waals surface area (Å²) >= 11 is 5.92. The highest BCUT2D eigenvalue weighted by Crippen LogP contribution is 2.38. The Bertz CT molecular complexity index is 608. The summed E-state index contributed by atoms with van der Waals surface area (Å²) in [6, 6.07) is 5.13. The first kappa shape index (κ1) is 13.4. The molecule has 1 unspecified atom stereocenters. The molecular formula is C14H15ClN2O3. The van der Waals surface area contributed by atoms with E-state index < -0.39 is 6.10 Å². The van der Waals surface area contributed by atoms with Crippen LogP contribution in [0.1, 0.15) is 49.1 Å². The van der Waals surface area contributed by atoms with E-state index in [4.69, 9.17) is 20.9 Å². The van der Waals surface area contributed by atoms with Crippen LogP contribution in [0.15, 0.2) is 22.7 Å². The summed E-state index contributed by atoms with van der Waals surface area (Å²) in [5.74, 6) is 2.20. The molecule has 1 aromatic carbocycles. The highest BCUT2D eigenvalue weighted by molar-refractivity contribution is 6.30. The number of aliphatic hydroxyl groups is 1. The van der Waals surface area contributed by atoms with Crippen molar-refractivity contribution in [3.63, 3.8) is 0 Å². The molecule has 1 atom stereocenters. The van der Waals surface area contributed by atoms with E-state index in [-0.39, 0.29) is 6.61 Å². The van der Waals surface area contributed by atoms with Crippen LogP contribution < -0.4 is 4.74 Å². The van der Waals surface area contributed by atoms with E-state index >= 15 is 0 Å². The summed E-state index contributed by atoms with van der Waals surface area (Å²) in [5, 5.41) is 14.2. The fraction of sp³-hybridized carbons (Fsp3) is 0.429. The highest BCUT2D eigenvalue weighted by Gasteiger charge is 2.29. The third-order valence-corrected chi connectivity index (χ3v) is 3.42. The Morgan fingerprint density at radius 2 is 2.30 bits per heavy atom. The zero-order valence-electron chi connectivity index (χ0n) is 11.0. The maximum Gasteiger partial charge on any atom is 0.229 e. The number of nitrogens with zero attached hydrogens (tertiary/aromatic N) is 2. The number of hydrogen-bond acceptors (Lipinski definition) is 5. The maximum absolute atomic E-state index is 9.72. The van der Waals surface area contributed by atoms with Gasteiger partial charge in [-0.2, -0.15) is 4.98 Å². The second-order valence-corrected chi connectivity index (χ2v) is 5.41. The Balaban J connectivity index is 1.70. The number of halogens is 1. The summed E-state index contributed by atoms with van der Waals surface area (Å²) in [5.41, 5.74) is 0.642. The molecule has 5 nitrogen and oxygen atoms in total. The molecule has 2 aromatic rings. The first-order valence-corrected chi connectivity index (χ1v) is 6.94. The summed E-state index contributed by atoms with van der Waals surface area (Å²) in [4.78, 5) is 4.29. The number of rotatable bonds is 5. The topological polar surface area (TPSA) is 68.4 Å². The lowest BCUT2D eigenvalue weighted by molar-refractivity contribution is 0.189. The second kappa shape index (κ2) is 5.42. The van der Waals surface area contributed by atoms with E-state index in [9.17, 15) is 5.11 Å². The van der Waals surface area contributed by atoms with Crippen LogP contribution in [0.2, 0.25) is 5.02 Å². The molecule has 1 heterocycles. The zero-order valence-corrected chi connectivity index (χ0v) is 11.8. The van der Waals surface area contributed by atoms with Crippen molar-refractivity contribution >= 4 is 11.6 Å². The first-order valence-electron chi connectivity index (χ1n) is 6.56. The maximum atomic E-state index is 9.72. The summed E-state index contributed by atoms with van der Waals surface area (Å²) in [6.07, 6.45) is 1.58. The molecule has 1 aromatic heterocycles. The van der Waals surface area contributed by atoms with Gasteiger partial charge in [0.1, 0.15) is 5.75 Å². The van der Waals surface area contributed by atoms with Crippen molar-refractivity contribution in [1.82, 2.24) is 10.1 Å². The van der Waals surface area contributed by atoms with Crippen LogP contribution >= 0.6 is 11.6 Å². The lowest BCUT2D eigenvalue weighted by Crippen LogP contribution is -2.02. The van der Waals surface area contributed by atoms with E-state index in [1.165, 1.54) is 0 Å². The minimum absolute atomic E-state index is 0.206. The fourth-order valence-electron chi connectivity index (χ4n) is 1.94. The summed E-state index contributed by atoms with van der Waals surface area (Å²) in [7, 11) is 0. The van der Waals surface area contributed by atoms with Gasteiger partial charge in [0.05, 0.1) is 6.10 Å². The smallest absolute Gasteiger partial charge is 0.229 e. The van der Waals surface area contributed by atoms with Gasteiger partial charge in [-0.3, -0.25) is 0 Å². The van der Waals surface area contributed by atoms with Crippen LogP contribution in [0, 0.1) is 0 Å². The average molecular weight is 295 g/mol. The van der Waals surface area contributed by atoms with Crippen LogP contribution in [0.4, 0.5) is 0 Å². The molecule has 1 aliphatic carbocycles. The van der Waals surface area contributed by atoms with Gasteiger partial charge in [-0.25, -0.2) is 0 Å². The first-order chi connectivity index (χ1) is 9.63.